The Kier molecular flexibility index (Phi) is 11.6. The number of nitriles is 1. The molecule has 0 bridgehead atoms. The Hall–Kier alpha value is -2.21. The summed E-state index contributed by atoms with van der Waals surface area (Å²) in [6, 6.07) is 2.08. The highest BCUT2D eigenvalue weighted by Crippen LogP contribution is 2.37. The number of carbonyl (C=O) groups excluding carboxylic acids is 1. The molecule has 4 N–H and O–H groups in total. The number of hydrogen-bond acceptors (Lipinski definition) is 7. The number of rotatable bonds is 2. The number of carbonyl (C=O) groups is 2. The van der Waals surface area contributed by atoms with Gasteiger partial charge in [0.2, 0.25) is 0 Å². The minimum absolute atomic E-state index is 0.0936. The average molecular weight is 506 g/mol. The molecule has 0 saturated heterocycles. The molecular formula is C28H43NO7. The fourth-order valence-electron chi connectivity index (χ4n) is 5.96. The Bertz CT molecular complexity index is 847. The molecule has 0 aromatic heterocycles. The smallest absolute Gasteiger partial charge is 0.308 e. The molecule has 0 aromatic rings. The molecule has 10 atom stereocenters. The summed E-state index contributed by atoms with van der Waals surface area (Å²) in [5.74, 6) is -2.69. The van der Waals surface area contributed by atoms with Gasteiger partial charge in [-0.2, -0.15) is 5.26 Å². The van der Waals surface area contributed by atoms with Gasteiger partial charge in [0.1, 0.15) is 6.10 Å². The third-order valence-electron chi connectivity index (χ3n) is 7.82. The number of nitrogens with zero attached hydrogens (tertiary/aromatic N) is 1. The Morgan fingerprint density at radius 2 is 1.64 bits per heavy atom. The number of aliphatic carboxylic acids is 1. The molecule has 2 rings (SSSR count). The third-order valence-corrected chi connectivity index (χ3v) is 7.82. The quantitative estimate of drug-likeness (QED) is 0.416. The minimum Gasteiger partial charge on any atom is -0.481 e. The van der Waals surface area contributed by atoms with Crippen LogP contribution in [0.5, 0.6) is 0 Å². The van der Waals surface area contributed by atoms with Gasteiger partial charge in [0.05, 0.1) is 42.3 Å². The fourth-order valence-corrected chi connectivity index (χ4v) is 5.96. The van der Waals surface area contributed by atoms with Crippen LogP contribution in [0.2, 0.25) is 0 Å². The summed E-state index contributed by atoms with van der Waals surface area (Å²) >= 11 is 0. The van der Waals surface area contributed by atoms with Crippen molar-refractivity contribution >= 4 is 11.9 Å². The minimum atomic E-state index is -1.04. The van der Waals surface area contributed by atoms with Crippen LogP contribution in [0.25, 0.3) is 0 Å². The number of aliphatic hydroxyl groups is 3. The second kappa shape index (κ2) is 13.9. The Morgan fingerprint density at radius 3 is 2.25 bits per heavy atom. The van der Waals surface area contributed by atoms with Crippen LogP contribution in [0, 0.1) is 46.8 Å². The molecule has 1 saturated carbocycles. The van der Waals surface area contributed by atoms with E-state index in [1.165, 1.54) is 0 Å². The second-order valence-corrected chi connectivity index (χ2v) is 11.2. The maximum absolute atomic E-state index is 12.8. The zero-order chi connectivity index (χ0) is 27.0. The predicted octanol–water partition coefficient (Wildman–Crippen LogP) is 3.61. The van der Waals surface area contributed by atoms with Crippen molar-refractivity contribution in [2.75, 3.05) is 0 Å². The van der Waals surface area contributed by atoms with Gasteiger partial charge in [-0.15, -0.1) is 0 Å². The number of aliphatic hydroxyl groups excluding tert-OH is 3. The first-order chi connectivity index (χ1) is 16.9. The molecule has 1 aliphatic heterocycles. The van der Waals surface area contributed by atoms with Gasteiger partial charge >= 0.3 is 11.9 Å². The molecule has 8 heteroatoms. The van der Waals surface area contributed by atoms with E-state index in [1.54, 1.807) is 18.2 Å². The SMILES string of the molecule is CC1CC(C)CC(C)C(O)C(C#N)=CC=CCC(C2CC(O)CC2C(=O)O)OC(=O)CC(O)C(C)C1. The second-order valence-electron chi connectivity index (χ2n) is 11.2. The van der Waals surface area contributed by atoms with Gasteiger partial charge in [-0.05, 0) is 61.9 Å². The zero-order valence-corrected chi connectivity index (χ0v) is 21.9. The normalized spacial score (nSPS) is 39.8. The van der Waals surface area contributed by atoms with Crippen molar-refractivity contribution in [1.29, 1.82) is 5.26 Å². The van der Waals surface area contributed by atoms with Crippen molar-refractivity contribution < 1.29 is 34.8 Å². The number of carboxylic acid groups (broad SMARTS) is 1. The molecule has 0 spiro atoms. The van der Waals surface area contributed by atoms with Gasteiger partial charge in [-0.3, -0.25) is 9.59 Å². The van der Waals surface area contributed by atoms with Gasteiger partial charge in [-0.1, -0.05) is 39.8 Å². The standard InChI is InChI=1S/C28H43NO7/c1-16-9-17(2)11-19(4)27(33)20(15-29)7-5-6-8-25(22-12-21(30)13-23(22)28(34)35)36-26(32)14-24(31)18(3)10-16/h5-7,16-19,21-25,27,30-31,33H,8-14H2,1-4H3,(H,34,35). The van der Waals surface area contributed by atoms with Crippen LogP contribution in [0.3, 0.4) is 0 Å². The van der Waals surface area contributed by atoms with E-state index < -0.39 is 48.2 Å². The fraction of sp³-hybridized carbons (Fsp3) is 0.750. The molecule has 1 fully saturated rings. The Balaban J connectivity index is 2.33. The molecular weight excluding hydrogens is 462 g/mol. The van der Waals surface area contributed by atoms with Crippen molar-refractivity contribution in [3.63, 3.8) is 0 Å². The topological polar surface area (TPSA) is 148 Å². The van der Waals surface area contributed by atoms with Gasteiger partial charge in [-0.25, -0.2) is 0 Å². The number of cyclic esters (lactones) is 1. The van der Waals surface area contributed by atoms with Crippen LogP contribution in [-0.4, -0.2) is 56.8 Å². The highest BCUT2D eigenvalue weighted by molar-refractivity contribution is 5.72. The van der Waals surface area contributed by atoms with Crippen LogP contribution in [-0.2, 0) is 14.3 Å². The van der Waals surface area contributed by atoms with E-state index in [0.717, 1.165) is 19.3 Å². The number of esters is 1. The van der Waals surface area contributed by atoms with Crippen LogP contribution in [0.1, 0.15) is 72.6 Å². The van der Waals surface area contributed by atoms with Crippen molar-refractivity contribution in [3.8, 4) is 6.07 Å². The lowest BCUT2D eigenvalue weighted by molar-refractivity contribution is -0.159. The molecule has 8 nitrogen and oxygen atoms in total. The van der Waals surface area contributed by atoms with E-state index in [9.17, 15) is 35.3 Å². The van der Waals surface area contributed by atoms with E-state index in [-0.39, 0.29) is 43.1 Å². The van der Waals surface area contributed by atoms with Gasteiger partial charge in [0, 0.05) is 12.3 Å². The first kappa shape index (κ1) is 30.0. The van der Waals surface area contributed by atoms with E-state index >= 15 is 0 Å². The first-order valence-corrected chi connectivity index (χ1v) is 13.2. The predicted molar refractivity (Wildman–Crippen MR) is 134 cm³/mol. The summed E-state index contributed by atoms with van der Waals surface area (Å²) in [7, 11) is 0. The highest BCUT2D eigenvalue weighted by atomic mass is 16.5. The molecule has 0 radical (unpaired) electrons. The van der Waals surface area contributed by atoms with Crippen LogP contribution < -0.4 is 0 Å². The summed E-state index contributed by atoms with van der Waals surface area (Å²) in [4.78, 5) is 24.6. The third kappa shape index (κ3) is 8.72. The molecule has 2 aliphatic rings. The highest BCUT2D eigenvalue weighted by Gasteiger charge is 2.43. The monoisotopic (exact) mass is 505 g/mol. The van der Waals surface area contributed by atoms with Crippen molar-refractivity contribution in [2.24, 2.45) is 35.5 Å². The largest absolute Gasteiger partial charge is 0.481 e. The summed E-state index contributed by atoms with van der Waals surface area (Å²) in [6.45, 7) is 8.06. The van der Waals surface area contributed by atoms with Gasteiger partial charge < -0.3 is 25.2 Å². The molecule has 10 unspecified atom stereocenters. The van der Waals surface area contributed by atoms with Crippen molar-refractivity contribution in [2.45, 2.75) is 97.1 Å². The summed E-state index contributed by atoms with van der Waals surface area (Å²) in [6.07, 6.45) is 4.14. The average Bonchev–Trinajstić information content (AvgIpc) is 3.18. The van der Waals surface area contributed by atoms with Crippen LogP contribution >= 0.6 is 0 Å². The Morgan fingerprint density at radius 1 is 1.00 bits per heavy atom. The van der Waals surface area contributed by atoms with E-state index in [1.807, 2.05) is 13.8 Å². The lowest BCUT2D eigenvalue weighted by Crippen LogP contribution is -2.34. The van der Waals surface area contributed by atoms with Crippen molar-refractivity contribution in [3.05, 3.63) is 23.8 Å². The maximum atomic E-state index is 12.8. The maximum Gasteiger partial charge on any atom is 0.308 e. The molecule has 36 heavy (non-hydrogen) atoms. The summed E-state index contributed by atoms with van der Waals surface area (Å²) < 4.78 is 5.70. The molecule has 1 aliphatic carbocycles. The van der Waals surface area contributed by atoms with E-state index in [2.05, 4.69) is 19.9 Å². The molecule has 0 amide bonds. The molecule has 202 valence electrons. The Labute approximate surface area is 214 Å². The van der Waals surface area contributed by atoms with Crippen molar-refractivity contribution in [1.82, 2.24) is 0 Å². The number of ether oxygens (including phenoxy) is 1. The number of hydrogen-bond donors (Lipinski definition) is 4. The number of allylic oxidation sites excluding steroid dienone is 2. The lowest BCUT2D eigenvalue weighted by atomic mass is 9.82. The van der Waals surface area contributed by atoms with E-state index in [4.69, 9.17) is 4.74 Å². The van der Waals surface area contributed by atoms with E-state index in [0.29, 0.717) is 11.8 Å². The molecule has 1 heterocycles. The summed E-state index contributed by atoms with van der Waals surface area (Å²) in [5, 5.41) is 50.8. The zero-order valence-electron chi connectivity index (χ0n) is 21.9. The summed E-state index contributed by atoms with van der Waals surface area (Å²) in [5.41, 5.74) is 0.241. The van der Waals surface area contributed by atoms with Crippen LogP contribution in [0.15, 0.2) is 23.8 Å². The lowest BCUT2D eigenvalue weighted by Gasteiger charge is -2.28. The number of carboxylic acids is 1. The first-order valence-electron chi connectivity index (χ1n) is 13.2. The molecule has 0 aromatic carbocycles. The van der Waals surface area contributed by atoms with Crippen LogP contribution in [0.4, 0.5) is 0 Å². The van der Waals surface area contributed by atoms with Gasteiger partial charge in [0.15, 0.2) is 0 Å². The van der Waals surface area contributed by atoms with Gasteiger partial charge in [0.25, 0.3) is 0 Å².